The van der Waals surface area contributed by atoms with Crippen LogP contribution in [-0.4, -0.2) is 29.6 Å². The van der Waals surface area contributed by atoms with Crippen molar-refractivity contribution in [1.82, 2.24) is 15.2 Å². The summed E-state index contributed by atoms with van der Waals surface area (Å²) < 4.78 is 5.78. The van der Waals surface area contributed by atoms with E-state index in [1.54, 1.807) is 24.3 Å². The summed E-state index contributed by atoms with van der Waals surface area (Å²) in [6.45, 7) is 5.11. The van der Waals surface area contributed by atoms with Gasteiger partial charge in [0, 0.05) is 31.5 Å². The van der Waals surface area contributed by atoms with E-state index in [-0.39, 0.29) is 12.1 Å². The summed E-state index contributed by atoms with van der Waals surface area (Å²) in [7, 11) is 1.78. The van der Waals surface area contributed by atoms with Gasteiger partial charge in [0.15, 0.2) is 0 Å². The lowest BCUT2D eigenvalue weighted by Crippen LogP contribution is -2.39. The first-order chi connectivity index (χ1) is 11.1. The maximum atomic E-state index is 12.4. The number of fused-ring (bicyclic) bond motifs is 1. The summed E-state index contributed by atoms with van der Waals surface area (Å²) >= 11 is 0. The predicted octanol–water partition coefficient (Wildman–Crippen LogP) is 2.97. The summed E-state index contributed by atoms with van der Waals surface area (Å²) in [6, 6.07) is 7.71. The Hall–Kier alpha value is -2.56. The average Bonchev–Trinajstić information content (AvgIpc) is 2.95. The lowest BCUT2D eigenvalue weighted by atomic mass is 10.0. The van der Waals surface area contributed by atoms with Crippen molar-refractivity contribution in [3.8, 4) is 5.75 Å². The molecule has 1 unspecified atom stereocenters. The van der Waals surface area contributed by atoms with E-state index in [1.807, 2.05) is 25.1 Å². The van der Waals surface area contributed by atoms with E-state index >= 15 is 0 Å². The summed E-state index contributed by atoms with van der Waals surface area (Å²) in [5.41, 5.74) is 4.39. The van der Waals surface area contributed by atoms with Crippen LogP contribution in [0.2, 0.25) is 0 Å². The number of carbonyl (C=O) groups excluding carboxylic acids is 1. The number of pyridine rings is 1. The molecule has 1 aliphatic heterocycles. The molecule has 1 aliphatic rings. The minimum absolute atomic E-state index is 0.104. The molecule has 1 aromatic heterocycles. The molecule has 0 bridgehead atoms. The zero-order valence-corrected chi connectivity index (χ0v) is 13.7. The Kier molecular flexibility index (Phi) is 4.19. The fourth-order valence-electron chi connectivity index (χ4n) is 2.75. The highest BCUT2D eigenvalue weighted by molar-refractivity contribution is 5.75. The molecule has 0 radical (unpaired) electrons. The van der Waals surface area contributed by atoms with Gasteiger partial charge in [-0.1, -0.05) is 18.2 Å². The Balaban J connectivity index is 1.67. The molecule has 120 valence electrons. The molecule has 0 aliphatic carbocycles. The van der Waals surface area contributed by atoms with Gasteiger partial charge in [-0.25, -0.2) is 4.79 Å². The third kappa shape index (κ3) is 3.13. The van der Waals surface area contributed by atoms with Crippen LogP contribution < -0.4 is 10.1 Å². The smallest absolute Gasteiger partial charge is 0.318 e. The van der Waals surface area contributed by atoms with E-state index in [9.17, 15) is 4.79 Å². The van der Waals surface area contributed by atoms with Crippen molar-refractivity contribution < 1.29 is 9.53 Å². The van der Waals surface area contributed by atoms with Crippen LogP contribution in [0.25, 0.3) is 0 Å². The molecular formula is C18H21N3O2. The number of aryl methyl sites for hydroxylation is 1. The quantitative estimate of drug-likeness (QED) is 0.948. The van der Waals surface area contributed by atoms with Gasteiger partial charge in [0.25, 0.3) is 0 Å². The van der Waals surface area contributed by atoms with Gasteiger partial charge in [0.2, 0.25) is 0 Å². The van der Waals surface area contributed by atoms with E-state index in [4.69, 9.17) is 4.74 Å². The third-order valence-corrected chi connectivity index (χ3v) is 4.26. The van der Waals surface area contributed by atoms with Crippen molar-refractivity contribution in [2.45, 2.75) is 26.4 Å². The van der Waals surface area contributed by atoms with Gasteiger partial charge in [-0.15, -0.1) is 0 Å². The second-order valence-corrected chi connectivity index (χ2v) is 5.96. The fourth-order valence-corrected chi connectivity index (χ4v) is 2.75. The predicted molar refractivity (Wildman–Crippen MR) is 88.4 cm³/mol. The highest BCUT2D eigenvalue weighted by atomic mass is 16.5. The van der Waals surface area contributed by atoms with Crippen molar-refractivity contribution in [3.05, 3.63) is 58.9 Å². The topological polar surface area (TPSA) is 54.5 Å². The molecule has 0 spiro atoms. The molecule has 23 heavy (non-hydrogen) atoms. The monoisotopic (exact) mass is 311 g/mol. The molecule has 0 fully saturated rings. The Bertz CT molecular complexity index is 716. The number of hydrogen-bond acceptors (Lipinski definition) is 3. The number of nitrogens with zero attached hydrogens (tertiary/aromatic N) is 2. The molecule has 1 aromatic carbocycles. The van der Waals surface area contributed by atoms with Crippen molar-refractivity contribution >= 4 is 6.03 Å². The fraction of sp³-hybridized carbons (Fsp3) is 0.333. The number of ether oxygens (including phenoxy) is 1. The number of hydrogen-bond donors (Lipinski definition) is 1. The zero-order chi connectivity index (χ0) is 16.4. The van der Waals surface area contributed by atoms with Crippen molar-refractivity contribution in [3.63, 3.8) is 0 Å². The normalized spacial score (nSPS) is 15.7. The Labute approximate surface area is 136 Å². The van der Waals surface area contributed by atoms with Gasteiger partial charge in [-0.05, 0) is 36.6 Å². The summed E-state index contributed by atoms with van der Waals surface area (Å²) in [4.78, 5) is 18.1. The van der Waals surface area contributed by atoms with Crippen LogP contribution in [0.1, 0.15) is 28.3 Å². The van der Waals surface area contributed by atoms with E-state index in [1.165, 1.54) is 5.56 Å². The van der Waals surface area contributed by atoms with E-state index in [2.05, 4.69) is 23.3 Å². The number of rotatable bonds is 3. The summed E-state index contributed by atoms with van der Waals surface area (Å²) in [5, 5.41) is 3.04. The van der Waals surface area contributed by atoms with Gasteiger partial charge in [0.1, 0.15) is 12.4 Å². The summed E-state index contributed by atoms with van der Waals surface area (Å²) in [6.07, 6.45) is 3.49. The third-order valence-electron chi connectivity index (χ3n) is 4.26. The minimum atomic E-state index is -0.117. The number of aromatic nitrogens is 1. The molecule has 3 rings (SSSR count). The van der Waals surface area contributed by atoms with Gasteiger partial charge in [-0.3, -0.25) is 4.98 Å². The van der Waals surface area contributed by atoms with E-state index in [0.717, 1.165) is 22.4 Å². The highest BCUT2D eigenvalue weighted by Gasteiger charge is 2.28. The SMILES string of the molecule is Cc1ccc2c(c1C)OCC2NC(=O)N(C)Cc1cccnc1. The number of urea groups is 1. The van der Waals surface area contributed by atoms with E-state index < -0.39 is 0 Å². The molecule has 5 nitrogen and oxygen atoms in total. The second kappa shape index (κ2) is 6.28. The van der Waals surface area contributed by atoms with Crippen LogP contribution in [0.3, 0.4) is 0 Å². The largest absolute Gasteiger partial charge is 0.490 e. The first-order valence-electron chi connectivity index (χ1n) is 7.69. The number of nitrogens with one attached hydrogen (secondary N) is 1. The molecule has 2 amide bonds. The first-order valence-corrected chi connectivity index (χ1v) is 7.69. The van der Waals surface area contributed by atoms with Crippen LogP contribution in [0, 0.1) is 13.8 Å². The number of benzene rings is 1. The molecule has 0 saturated carbocycles. The molecule has 2 heterocycles. The maximum absolute atomic E-state index is 12.4. The maximum Gasteiger partial charge on any atom is 0.318 e. The lowest BCUT2D eigenvalue weighted by Gasteiger charge is -2.20. The molecule has 1 atom stereocenters. The lowest BCUT2D eigenvalue weighted by molar-refractivity contribution is 0.199. The second-order valence-electron chi connectivity index (χ2n) is 5.96. The first kappa shape index (κ1) is 15.3. The van der Waals surface area contributed by atoms with Crippen LogP contribution in [-0.2, 0) is 6.54 Å². The Morgan fingerprint density at radius 1 is 1.39 bits per heavy atom. The average molecular weight is 311 g/mol. The molecule has 5 heteroatoms. The summed E-state index contributed by atoms with van der Waals surface area (Å²) in [5.74, 6) is 0.908. The van der Waals surface area contributed by atoms with Crippen molar-refractivity contribution in [1.29, 1.82) is 0 Å². The highest BCUT2D eigenvalue weighted by Crippen LogP contribution is 2.36. The van der Waals surface area contributed by atoms with Gasteiger partial charge in [0.05, 0.1) is 6.04 Å². The van der Waals surface area contributed by atoms with Crippen LogP contribution in [0.5, 0.6) is 5.75 Å². The van der Waals surface area contributed by atoms with Crippen LogP contribution in [0.15, 0.2) is 36.7 Å². The van der Waals surface area contributed by atoms with E-state index in [0.29, 0.717) is 13.2 Å². The van der Waals surface area contributed by atoms with Gasteiger partial charge >= 0.3 is 6.03 Å². The molecule has 1 N–H and O–H groups in total. The molecule has 0 saturated heterocycles. The van der Waals surface area contributed by atoms with Gasteiger partial charge in [-0.2, -0.15) is 0 Å². The zero-order valence-electron chi connectivity index (χ0n) is 13.7. The Morgan fingerprint density at radius 3 is 2.96 bits per heavy atom. The van der Waals surface area contributed by atoms with Crippen LogP contribution in [0.4, 0.5) is 4.79 Å². The molecular weight excluding hydrogens is 290 g/mol. The number of carbonyl (C=O) groups is 1. The van der Waals surface area contributed by atoms with Crippen LogP contribution >= 0.6 is 0 Å². The number of amides is 2. The molecule has 2 aromatic rings. The van der Waals surface area contributed by atoms with Gasteiger partial charge < -0.3 is 15.0 Å². The standard InChI is InChI=1S/C18H21N3O2/c1-12-6-7-15-16(11-23-17(15)13(12)2)20-18(22)21(3)10-14-5-4-8-19-9-14/h4-9,16H,10-11H2,1-3H3,(H,20,22). The minimum Gasteiger partial charge on any atom is -0.490 e. The van der Waals surface area contributed by atoms with Crippen molar-refractivity contribution in [2.24, 2.45) is 0 Å². The van der Waals surface area contributed by atoms with Crippen molar-refractivity contribution in [2.75, 3.05) is 13.7 Å². The Morgan fingerprint density at radius 2 is 2.22 bits per heavy atom.